The molecule has 0 spiro atoms. The number of ether oxygens (including phenoxy) is 5. The smallest absolute Gasteiger partial charge is 0.342 e. The quantitative estimate of drug-likeness (QED) is 0.0212. The van der Waals surface area contributed by atoms with Crippen LogP contribution in [0.3, 0.4) is 0 Å². The highest BCUT2D eigenvalue weighted by Crippen LogP contribution is 2.40. The molecule has 8 aromatic heterocycles. The van der Waals surface area contributed by atoms with Crippen molar-refractivity contribution < 1.29 is 42.9 Å². The van der Waals surface area contributed by atoms with E-state index in [-0.39, 0.29) is 36.6 Å². The zero-order valence-electron chi connectivity index (χ0n) is 55.2. The van der Waals surface area contributed by atoms with Crippen LogP contribution in [-0.4, -0.2) is 128 Å². The fourth-order valence-corrected chi connectivity index (χ4v) is 13.7. The molecule has 4 fully saturated rings. The lowest BCUT2D eigenvalue weighted by Crippen LogP contribution is -2.24. The molecule has 0 aliphatic heterocycles. The number of carbonyl (C=O) groups is 4. The summed E-state index contributed by atoms with van der Waals surface area (Å²) >= 11 is 0. The highest BCUT2D eigenvalue weighted by molar-refractivity contribution is 6.07. The number of hydrogen-bond acceptors (Lipinski definition) is 17. The molecule has 91 heavy (non-hydrogen) atoms. The predicted molar refractivity (Wildman–Crippen MR) is 359 cm³/mol. The van der Waals surface area contributed by atoms with Gasteiger partial charge in [-0.25, -0.2) is 39.1 Å². The summed E-state index contributed by atoms with van der Waals surface area (Å²) in [4.78, 5) is 79.2. The molecule has 0 saturated heterocycles. The summed E-state index contributed by atoms with van der Waals surface area (Å²) in [7, 11) is 1.58. The van der Waals surface area contributed by atoms with Crippen LogP contribution < -0.4 is 21.3 Å². The number of methoxy groups -OCH3 is 1. The summed E-state index contributed by atoms with van der Waals surface area (Å²) in [5.41, 5.74) is 8.51. The topological polar surface area (TPSA) is 277 Å². The molecule has 21 heteroatoms. The van der Waals surface area contributed by atoms with Crippen LogP contribution in [-0.2, 0) is 23.7 Å². The van der Waals surface area contributed by atoms with Crippen molar-refractivity contribution in [3.05, 3.63) is 96.1 Å². The minimum atomic E-state index is -0.369. The molecular weight excluding hydrogens is 1150 g/mol. The molecule has 21 nitrogen and oxygen atoms in total. The van der Waals surface area contributed by atoms with Crippen molar-refractivity contribution >= 4 is 90.8 Å². The van der Waals surface area contributed by atoms with Crippen molar-refractivity contribution in [1.82, 2.24) is 39.9 Å². The number of hydrogen-bond donors (Lipinski definition) is 8. The normalized spacial score (nSPS) is 23.4. The first kappa shape index (κ1) is 67.2. The Morgan fingerprint density at radius 1 is 0.462 bits per heavy atom. The Morgan fingerprint density at radius 3 is 1.14 bits per heavy atom. The number of carbonyl (C=O) groups excluding carboxylic acids is 4. The van der Waals surface area contributed by atoms with Crippen LogP contribution in [0.15, 0.2) is 73.8 Å². The van der Waals surface area contributed by atoms with E-state index in [1.807, 2.05) is 76.7 Å². The maximum absolute atomic E-state index is 12.4. The highest BCUT2D eigenvalue weighted by atomic mass is 16.6. The second-order valence-corrected chi connectivity index (χ2v) is 26.3. The number of pyridine rings is 4. The number of aromatic amines is 4. The van der Waals surface area contributed by atoms with E-state index >= 15 is 0 Å². The molecule has 8 heterocycles. The van der Waals surface area contributed by atoms with Crippen molar-refractivity contribution in [3.8, 4) is 0 Å². The molecule has 11 unspecified atom stereocenters. The molecule has 4 aliphatic rings. The monoisotopic (exact) mass is 1250 g/mol. The lowest BCUT2D eigenvalue weighted by molar-refractivity contribution is 0.0373. The minimum absolute atomic E-state index is 0.150. The van der Waals surface area contributed by atoms with Gasteiger partial charge >= 0.3 is 23.9 Å². The average Bonchev–Trinajstić information content (AvgIpc) is 1.83. The van der Waals surface area contributed by atoms with E-state index < -0.39 is 0 Å². The molecule has 4 saturated carbocycles. The Labute approximate surface area is 534 Å². The van der Waals surface area contributed by atoms with Gasteiger partial charge in [0.15, 0.2) is 0 Å². The molecule has 0 radical (unpaired) electrons. The van der Waals surface area contributed by atoms with Gasteiger partial charge in [-0.05, 0) is 151 Å². The summed E-state index contributed by atoms with van der Waals surface area (Å²) in [6, 6.07) is 9.33. The number of H-pyrrole nitrogens is 4. The van der Waals surface area contributed by atoms with Crippen LogP contribution in [0.2, 0.25) is 0 Å². The predicted octanol–water partition coefficient (Wildman–Crippen LogP) is 14.5. The van der Waals surface area contributed by atoms with Gasteiger partial charge < -0.3 is 64.9 Å². The van der Waals surface area contributed by atoms with Gasteiger partial charge in [0.2, 0.25) is 0 Å². The third kappa shape index (κ3) is 16.7. The van der Waals surface area contributed by atoms with E-state index in [2.05, 4.69) is 110 Å². The number of rotatable bonds is 19. The summed E-state index contributed by atoms with van der Waals surface area (Å²) in [5.74, 6) is 3.29. The van der Waals surface area contributed by atoms with E-state index in [0.29, 0.717) is 108 Å². The van der Waals surface area contributed by atoms with Crippen LogP contribution in [0.1, 0.15) is 182 Å². The number of nitrogens with one attached hydrogen (secondary N) is 8. The number of fused-ring (bicyclic) bond motifs is 4. The maximum Gasteiger partial charge on any atom is 0.342 e. The molecule has 12 rings (SSSR count). The van der Waals surface area contributed by atoms with Gasteiger partial charge in [-0.3, -0.25) is 0 Å². The molecule has 0 bridgehead atoms. The van der Waals surface area contributed by atoms with Gasteiger partial charge in [-0.15, -0.1) is 0 Å². The Bertz CT molecular complexity index is 3720. The largest absolute Gasteiger partial charge is 0.462 e. The SMILES string of the molecule is CC1CC(C)C(Nc2c(C(=O)OC(C)C)cnc3[nH]ccc23)C1.CCCOC(=O)c1cnc2[nH]ccc2c1NC1CC(C)CC1C.CCOC(=O)c1cnc2[nH]ccc2c1NC1CC(C)CC1C.COCCOC(=O)c1cnc2[nH]ccc2c1NC1CCC(C)C1. The zero-order chi connectivity index (χ0) is 64.9. The zero-order valence-corrected chi connectivity index (χ0v) is 55.2. The summed E-state index contributed by atoms with van der Waals surface area (Å²) < 4.78 is 26.1. The molecule has 490 valence electrons. The van der Waals surface area contributed by atoms with Crippen molar-refractivity contribution in [2.45, 2.75) is 171 Å². The van der Waals surface area contributed by atoms with Crippen molar-refractivity contribution in [3.63, 3.8) is 0 Å². The average molecular weight is 1250 g/mol. The highest BCUT2D eigenvalue weighted by Gasteiger charge is 2.34. The number of anilines is 4. The maximum atomic E-state index is 12.4. The molecule has 11 atom stereocenters. The molecule has 4 aliphatic carbocycles. The van der Waals surface area contributed by atoms with Crippen molar-refractivity contribution in [2.75, 3.05) is 54.8 Å². The molecule has 0 amide bonds. The van der Waals surface area contributed by atoms with Gasteiger partial charge in [-0.1, -0.05) is 55.4 Å². The van der Waals surface area contributed by atoms with Gasteiger partial charge in [-0.2, -0.15) is 0 Å². The molecule has 8 aromatic rings. The molecule has 0 aromatic carbocycles. The van der Waals surface area contributed by atoms with Gasteiger partial charge in [0, 0.05) is 102 Å². The van der Waals surface area contributed by atoms with Gasteiger partial charge in [0.25, 0.3) is 0 Å². The Kier molecular flexibility index (Phi) is 23.1. The fraction of sp³-hybridized carbons (Fsp3) is 0.543. The van der Waals surface area contributed by atoms with Gasteiger partial charge in [0.05, 0.1) is 48.7 Å². The van der Waals surface area contributed by atoms with E-state index in [9.17, 15) is 19.2 Å². The van der Waals surface area contributed by atoms with Crippen LogP contribution >= 0.6 is 0 Å². The standard InChI is InChI=1S/2C18H25N3O2.C17H23N3O3.C17H23N3O2/c1-10(2)23-18(22)14-9-20-17-13(5-6-19-17)16(14)21-15-8-11(3)7-12(15)4;1-4-7-23-18(22)14-10-20-17-13(5-6-19-17)16(14)21-15-9-11(2)8-12(15)3;1-11-3-4-12(9-11)20-15-13-5-6-18-16(13)19-10-14(15)17(21)23-8-7-22-2;1-4-22-17(21)13-9-19-16-12(5-6-18-16)15(13)20-14-8-10(2)7-11(14)3/h5-6,9-12,15H,7-8H2,1-4H3,(H2,19,20,21);5-6,10-12,15H,4,7-9H2,1-3H3,(H2,19,20,21);5-6,10-12H,3-4,7-9H2,1-2H3,(H2,18,19,20);5-6,9-11,14H,4,7-8H2,1-3H3,(H2,18,19,20). The van der Waals surface area contributed by atoms with Crippen LogP contribution in [0.4, 0.5) is 22.7 Å². The number of esters is 4. The Morgan fingerprint density at radius 2 is 0.824 bits per heavy atom. The van der Waals surface area contributed by atoms with Crippen LogP contribution in [0.25, 0.3) is 44.1 Å². The van der Waals surface area contributed by atoms with Gasteiger partial charge in [0.1, 0.15) is 51.4 Å². The first-order valence-corrected chi connectivity index (χ1v) is 33.0. The second kappa shape index (κ2) is 31.2. The van der Waals surface area contributed by atoms with E-state index in [1.54, 1.807) is 31.9 Å². The number of nitrogens with zero attached hydrogens (tertiary/aromatic N) is 4. The first-order valence-electron chi connectivity index (χ1n) is 33.0. The summed E-state index contributed by atoms with van der Waals surface area (Å²) in [6.07, 6.45) is 24.9. The van der Waals surface area contributed by atoms with E-state index in [0.717, 1.165) is 105 Å². The summed E-state index contributed by atoms with van der Waals surface area (Å²) in [6.45, 7) is 24.8. The van der Waals surface area contributed by atoms with Crippen molar-refractivity contribution in [2.24, 2.45) is 41.4 Å². The van der Waals surface area contributed by atoms with Crippen LogP contribution in [0, 0.1) is 41.4 Å². The lowest BCUT2D eigenvalue weighted by atomic mass is 10.0. The fourth-order valence-electron chi connectivity index (χ4n) is 13.7. The van der Waals surface area contributed by atoms with E-state index in [1.165, 1.54) is 25.7 Å². The van der Waals surface area contributed by atoms with Crippen LogP contribution in [0.5, 0.6) is 0 Å². The Balaban J connectivity index is 0.000000144. The Hall–Kier alpha value is -8.20. The molecule has 8 N–H and O–H groups in total. The summed E-state index contributed by atoms with van der Waals surface area (Å²) in [5, 5.41) is 18.1. The second-order valence-electron chi connectivity index (χ2n) is 26.3. The third-order valence-corrected chi connectivity index (χ3v) is 18.2. The third-order valence-electron chi connectivity index (χ3n) is 18.2. The number of aromatic nitrogens is 8. The lowest BCUT2D eigenvalue weighted by Gasteiger charge is -2.21. The van der Waals surface area contributed by atoms with Crippen molar-refractivity contribution in [1.29, 1.82) is 0 Å². The van der Waals surface area contributed by atoms with E-state index in [4.69, 9.17) is 23.7 Å². The molecular formula is C70H96N12O9. The minimum Gasteiger partial charge on any atom is -0.462 e. The first-order chi connectivity index (χ1) is 43.8.